The molecule has 1 aromatic carbocycles. The standard InChI is InChI=1S/C12H17B/c1-8(2)10-6-5-7-11(13)12(10)9(3)4/h5-9H,1-4H3. The second-order valence-corrected chi connectivity index (χ2v) is 4.16. The van der Waals surface area contributed by atoms with Gasteiger partial charge in [0.05, 0.1) is 0 Å². The van der Waals surface area contributed by atoms with Gasteiger partial charge in [0.2, 0.25) is 0 Å². The lowest BCUT2D eigenvalue weighted by Gasteiger charge is -2.18. The maximum absolute atomic E-state index is 5.96. The van der Waals surface area contributed by atoms with E-state index in [1.165, 1.54) is 11.1 Å². The SMILES string of the molecule is [B]c1cccc(C(C)C)c1C(C)C. The van der Waals surface area contributed by atoms with Crippen molar-refractivity contribution in [2.24, 2.45) is 0 Å². The first-order chi connectivity index (χ1) is 6.04. The van der Waals surface area contributed by atoms with Gasteiger partial charge in [-0.3, -0.25) is 0 Å². The predicted octanol–water partition coefficient (Wildman–Crippen LogP) is 2.73. The number of hydrogen-bond acceptors (Lipinski definition) is 0. The first-order valence-corrected chi connectivity index (χ1v) is 4.92. The minimum Gasteiger partial charge on any atom is -0.0930 e. The van der Waals surface area contributed by atoms with Crippen LogP contribution in [0.1, 0.15) is 50.7 Å². The fraction of sp³-hybridized carbons (Fsp3) is 0.500. The van der Waals surface area contributed by atoms with Crippen LogP contribution in [0.3, 0.4) is 0 Å². The lowest BCUT2D eigenvalue weighted by atomic mass is 9.80. The van der Waals surface area contributed by atoms with E-state index < -0.39 is 0 Å². The summed E-state index contributed by atoms with van der Waals surface area (Å²) in [6.07, 6.45) is 0. The molecule has 0 saturated carbocycles. The molecule has 0 spiro atoms. The number of rotatable bonds is 2. The Kier molecular flexibility index (Phi) is 3.19. The van der Waals surface area contributed by atoms with Gasteiger partial charge in [0.15, 0.2) is 0 Å². The van der Waals surface area contributed by atoms with Crippen molar-refractivity contribution in [3.63, 3.8) is 0 Å². The van der Waals surface area contributed by atoms with Crippen LogP contribution in [0.4, 0.5) is 0 Å². The van der Waals surface area contributed by atoms with E-state index in [9.17, 15) is 0 Å². The van der Waals surface area contributed by atoms with Crippen molar-refractivity contribution in [1.82, 2.24) is 0 Å². The molecule has 2 radical (unpaired) electrons. The van der Waals surface area contributed by atoms with E-state index in [1.807, 2.05) is 12.1 Å². The second-order valence-electron chi connectivity index (χ2n) is 4.16. The number of benzene rings is 1. The van der Waals surface area contributed by atoms with E-state index in [0.29, 0.717) is 11.8 Å². The van der Waals surface area contributed by atoms with Gasteiger partial charge in [-0.15, -0.1) is 0 Å². The molecule has 0 aliphatic rings. The van der Waals surface area contributed by atoms with Gasteiger partial charge in [-0.1, -0.05) is 51.4 Å². The summed E-state index contributed by atoms with van der Waals surface area (Å²) in [6, 6.07) is 6.20. The Hall–Kier alpha value is -0.715. The van der Waals surface area contributed by atoms with Crippen molar-refractivity contribution >= 4 is 13.3 Å². The Morgan fingerprint density at radius 1 is 1.00 bits per heavy atom. The minimum absolute atomic E-state index is 0.513. The zero-order chi connectivity index (χ0) is 10.0. The summed E-state index contributed by atoms with van der Waals surface area (Å²) in [5, 5.41) is 0. The van der Waals surface area contributed by atoms with Gasteiger partial charge in [-0.2, -0.15) is 0 Å². The molecule has 0 aliphatic carbocycles. The van der Waals surface area contributed by atoms with Crippen molar-refractivity contribution < 1.29 is 0 Å². The van der Waals surface area contributed by atoms with Crippen molar-refractivity contribution in [3.8, 4) is 0 Å². The third-order valence-corrected chi connectivity index (χ3v) is 2.37. The van der Waals surface area contributed by atoms with Gasteiger partial charge in [0, 0.05) is 0 Å². The monoisotopic (exact) mass is 172 g/mol. The first kappa shape index (κ1) is 10.4. The maximum Gasteiger partial charge on any atom is 0.114 e. The van der Waals surface area contributed by atoms with E-state index in [2.05, 4.69) is 33.8 Å². The summed E-state index contributed by atoms with van der Waals surface area (Å²) in [7, 11) is 5.96. The highest BCUT2D eigenvalue weighted by atomic mass is 14.1. The van der Waals surface area contributed by atoms with Crippen LogP contribution in [0, 0.1) is 0 Å². The Morgan fingerprint density at radius 2 is 1.62 bits per heavy atom. The Morgan fingerprint density at radius 3 is 2.00 bits per heavy atom. The molecule has 0 fully saturated rings. The summed E-state index contributed by atoms with van der Waals surface area (Å²) in [5.41, 5.74) is 3.63. The first-order valence-electron chi connectivity index (χ1n) is 4.92. The molecule has 0 atom stereocenters. The van der Waals surface area contributed by atoms with Gasteiger partial charge in [0.25, 0.3) is 0 Å². The molecule has 0 aliphatic heterocycles. The van der Waals surface area contributed by atoms with Crippen LogP contribution in [0.15, 0.2) is 18.2 Å². The average molecular weight is 172 g/mol. The van der Waals surface area contributed by atoms with Crippen molar-refractivity contribution in [2.75, 3.05) is 0 Å². The molecule has 0 nitrogen and oxygen atoms in total. The van der Waals surface area contributed by atoms with Gasteiger partial charge in [-0.05, 0) is 23.0 Å². The largest absolute Gasteiger partial charge is 0.114 e. The summed E-state index contributed by atoms with van der Waals surface area (Å²) in [5.74, 6) is 1.07. The fourth-order valence-electron chi connectivity index (χ4n) is 1.77. The molecule has 1 aromatic rings. The van der Waals surface area contributed by atoms with Gasteiger partial charge in [-0.25, -0.2) is 0 Å². The highest BCUT2D eigenvalue weighted by Crippen LogP contribution is 2.23. The molecule has 68 valence electrons. The van der Waals surface area contributed by atoms with Crippen LogP contribution in [0.5, 0.6) is 0 Å². The van der Waals surface area contributed by atoms with Crippen LogP contribution in [0.2, 0.25) is 0 Å². The molecular weight excluding hydrogens is 155 g/mol. The summed E-state index contributed by atoms with van der Waals surface area (Å²) < 4.78 is 0. The van der Waals surface area contributed by atoms with E-state index in [-0.39, 0.29) is 0 Å². The molecular formula is C12H17B. The quantitative estimate of drug-likeness (QED) is 0.601. The highest BCUT2D eigenvalue weighted by Gasteiger charge is 2.10. The molecule has 0 amide bonds. The lowest BCUT2D eigenvalue weighted by molar-refractivity contribution is 0.795. The second kappa shape index (κ2) is 4.00. The summed E-state index contributed by atoms with van der Waals surface area (Å²) >= 11 is 0. The smallest absolute Gasteiger partial charge is 0.0930 e. The van der Waals surface area contributed by atoms with Crippen LogP contribution in [-0.4, -0.2) is 7.85 Å². The molecule has 0 bridgehead atoms. The van der Waals surface area contributed by atoms with E-state index >= 15 is 0 Å². The zero-order valence-electron chi connectivity index (χ0n) is 8.96. The third-order valence-electron chi connectivity index (χ3n) is 2.37. The van der Waals surface area contributed by atoms with Gasteiger partial charge in [0.1, 0.15) is 7.85 Å². The third kappa shape index (κ3) is 2.15. The molecule has 1 heteroatoms. The zero-order valence-corrected chi connectivity index (χ0v) is 8.96. The Balaban J connectivity index is 3.26. The molecule has 0 saturated heterocycles. The molecule has 0 heterocycles. The van der Waals surface area contributed by atoms with E-state index in [4.69, 9.17) is 7.85 Å². The Labute approximate surface area is 82.8 Å². The van der Waals surface area contributed by atoms with E-state index in [1.54, 1.807) is 0 Å². The lowest BCUT2D eigenvalue weighted by Crippen LogP contribution is -2.15. The fourth-order valence-corrected chi connectivity index (χ4v) is 1.77. The molecule has 0 aromatic heterocycles. The van der Waals surface area contributed by atoms with Gasteiger partial charge >= 0.3 is 0 Å². The minimum atomic E-state index is 0.513. The Bertz CT molecular complexity index is 287. The summed E-state index contributed by atoms with van der Waals surface area (Å²) in [4.78, 5) is 0. The van der Waals surface area contributed by atoms with E-state index in [0.717, 1.165) is 5.46 Å². The maximum atomic E-state index is 5.96. The average Bonchev–Trinajstić information content (AvgIpc) is 2.02. The summed E-state index contributed by atoms with van der Waals surface area (Å²) in [6.45, 7) is 8.80. The van der Waals surface area contributed by atoms with Crippen LogP contribution in [0.25, 0.3) is 0 Å². The van der Waals surface area contributed by atoms with Crippen molar-refractivity contribution in [2.45, 2.75) is 39.5 Å². The van der Waals surface area contributed by atoms with Crippen LogP contribution < -0.4 is 5.46 Å². The van der Waals surface area contributed by atoms with Gasteiger partial charge < -0.3 is 0 Å². The normalized spacial score (nSPS) is 11.2. The van der Waals surface area contributed by atoms with Crippen molar-refractivity contribution in [3.05, 3.63) is 29.3 Å². The molecule has 1 rings (SSSR count). The van der Waals surface area contributed by atoms with Crippen LogP contribution >= 0.6 is 0 Å². The predicted molar refractivity (Wildman–Crippen MR) is 60.0 cm³/mol. The van der Waals surface area contributed by atoms with Crippen molar-refractivity contribution in [1.29, 1.82) is 0 Å². The molecule has 0 N–H and O–H groups in total. The topological polar surface area (TPSA) is 0 Å². The number of hydrogen-bond donors (Lipinski definition) is 0. The molecule has 13 heavy (non-hydrogen) atoms. The highest BCUT2D eigenvalue weighted by molar-refractivity contribution is 6.33. The van der Waals surface area contributed by atoms with Crippen LogP contribution in [-0.2, 0) is 0 Å². The molecule has 0 unspecified atom stereocenters.